The van der Waals surface area contributed by atoms with Crippen LogP contribution in [0.25, 0.3) is 0 Å². The van der Waals surface area contributed by atoms with E-state index in [1.807, 2.05) is 6.92 Å². The van der Waals surface area contributed by atoms with Crippen LogP contribution in [0.1, 0.15) is 62.6 Å². The Hall–Kier alpha value is -1.27. The second kappa shape index (κ2) is 8.17. The highest BCUT2D eigenvalue weighted by atomic mass is 35.5. The number of hydrogen-bond donors (Lipinski definition) is 1. The van der Waals surface area contributed by atoms with Gasteiger partial charge in [0.15, 0.2) is 0 Å². The third-order valence-corrected chi connectivity index (χ3v) is 5.50. The van der Waals surface area contributed by atoms with Gasteiger partial charge in [-0.3, -0.25) is 4.79 Å². The van der Waals surface area contributed by atoms with E-state index in [4.69, 9.17) is 5.73 Å². The van der Waals surface area contributed by atoms with E-state index in [0.29, 0.717) is 12.0 Å². The second-order valence-electron chi connectivity index (χ2n) is 7.39. The standard InChI is InChI=1S/C19H25F3N2O.ClH/c1-12(13-4-2-6-15(10-13)19(20,21)22)24(16-8-9-16)18(25)11-14-5-3-7-17(14)23;/h2,4,6,10,12,14,16-17H,3,5,7-9,11,23H2,1H3;1H/t12?,14-,17+;/m0./s1. The molecule has 26 heavy (non-hydrogen) atoms. The molecule has 0 radical (unpaired) electrons. The molecule has 1 unspecified atom stereocenters. The molecule has 3 atom stereocenters. The molecule has 2 saturated carbocycles. The molecule has 2 N–H and O–H groups in total. The normalized spacial score (nSPS) is 24.0. The monoisotopic (exact) mass is 390 g/mol. The van der Waals surface area contributed by atoms with Crippen molar-refractivity contribution in [2.75, 3.05) is 0 Å². The Morgan fingerprint density at radius 2 is 1.96 bits per heavy atom. The van der Waals surface area contributed by atoms with Gasteiger partial charge in [-0.25, -0.2) is 0 Å². The van der Waals surface area contributed by atoms with Crippen molar-refractivity contribution in [1.29, 1.82) is 0 Å². The molecule has 3 nitrogen and oxygen atoms in total. The lowest BCUT2D eigenvalue weighted by molar-refractivity contribution is -0.137. The number of alkyl halides is 3. The molecular weight excluding hydrogens is 365 g/mol. The van der Waals surface area contributed by atoms with Gasteiger partial charge in [0.25, 0.3) is 0 Å². The first-order valence-electron chi connectivity index (χ1n) is 9.01. The molecule has 7 heteroatoms. The summed E-state index contributed by atoms with van der Waals surface area (Å²) >= 11 is 0. The maximum Gasteiger partial charge on any atom is 0.416 e. The van der Waals surface area contributed by atoms with E-state index in [2.05, 4.69) is 0 Å². The number of rotatable bonds is 5. The summed E-state index contributed by atoms with van der Waals surface area (Å²) in [5.74, 6) is 0.220. The summed E-state index contributed by atoms with van der Waals surface area (Å²) in [7, 11) is 0. The molecule has 3 rings (SSSR count). The van der Waals surface area contributed by atoms with E-state index in [1.54, 1.807) is 11.0 Å². The van der Waals surface area contributed by atoms with Gasteiger partial charge in [-0.1, -0.05) is 18.6 Å². The van der Waals surface area contributed by atoms with Gasteiger partial charge in [0.1, 0.15) is 0 Å². The topological polar surface area (TPSA) is 46.3 Å². The first-order valence-corrected chi connectivity index (χ1v) is 9.01. The van der Waals surface area contributed by atoms with Crippen LogP contribution in [-0.4, -0.2) is 22.9 Å². The van der Waals surface area contributed by atoms with E-state index in [0.717, 1.165) is 44.2 Å². The molecule has 0 aliphatic heterocycles. The molecule has 1 amide bonds. The minimum absolute atomic E-state index is 0. The Kier molecular flexibility index (Phi) is 6.61. The molecular formula is C19H26ClF3N2O. The van der Waals surface area contributed by atoms with Gasteiger partial charge in [-0.05, 0) is 56.2 Å². The van der Waals surface area contributed by atoms with Crippen molar-refractivity contribution in [1.82, 2.24) is 4.90 Å². The van der Waals surface area contributed by atoms with Crippen LogP contribution in [0.4, 0.5) is 13.2 Å². The van der Waals surface area contributed by atoms with Gasteiger partial charge in [0.2, 0.25) is 5.91 Å². The van der Waals surface area contributed by atoms with Gasteiger partial charge >= 0.3 is 6.18 Å². The van der Waals surface area contributed by atoms with Crippen LogP contribution < -0.4 is 5.73 Å². The Morgan fingerprint density at radius 1 is 1.27 bits per heavy atom. The summed E-state index contributed by atoms with van der Waals surface area (Å²) in [6.45, 7) is 1.82. The summed E-state index contributed by atoms with van der Waals surface area (Å²) < 4.78 is 38.9. The second-order valence-corrected chi connectivity index (χ2v) is 7.39. The molecule has 146 valence electrons. The van der Waals surface area contributed by atoms with E-state index in [-0.39, 0.29) is 42.4 Å². The van der Waals surface area contributed by atoms with E-state index in [9.17, 15) is 18.0 Å². The fraction of sp³-hybridized carbons (Fsp3) is 0.632. The number of nitrogens with two attached hydrogens (primary N) is 1. The number of carbonyl (C=O) groups excluding carboxylic acids is 1. The zero-order valence-corrected chi connectivity index (χ0v) is 15.7. The number of benzene rings is 1. The SMILES string of the molecule is CC(c1cccc(C(F)(F)F)c1)N(C(=O)C[C@@H]1CCC[C@H]1N)C1CC1.Cl. The maximum absolute atomic E-state index is 13.0. The molecule has 2 aliphatic carbocycles. The van der Waals surface area contributed by atoms with E-state index < -0.39 is 11.7 Å². The Bertz CT molecular complexity index is 633. The maximum atomic E-state index is 13.0. The van der Waals surface area contributed by atoms with Crippen LogP contribution in [0.2, 0.25) is 0 Å². The average molecular weight is 391 g/mol. The highest BCUT2D eigenvalue weighted by molar-refractivity contribution is 5.85. The number of amides is 1. The largest absolute Gasteiger partial charge is 0.416 e. The highest BCUT2D eigenvalue weighted by Gasteiger charge is 2.39. The van der Waals surface area contributed by atoms with Crippen molar-refractivity contribution in [2.45, 2.75) is 69.8 Å². The first kappa shape index (κ1) is 21.0. The Morgan fingerprint density at radius 3 is 2.50 bits per heavy atom. The van der Waals surface area contributed by atoms with Gasteiger partial charge in [-0.15, -0.1) is 12.4 Å². The minimum Gasteiger partial charge on any atom is -0.333 e. The first-order chi connectivity index (χ1) is 11.8. The van der Waals surface area contributed by atoms with Crippen LogP contribution in [0.3, 0.4) is 0 Å². The minimum atomic E-state index is -4.37. The van der Waals surface area contributed by atoms with Crippen LogP contribution in [-0.2, 0) is 11.0 Å². The third-order valence-electron chi connectivity index (χ3n) is 5.50. The average Bonchev–Trinajstić information content (AvgIpc) is 3.30. The lowest BCUT2D eigenvalue weighted by Crippen LogP contribution is -2.38. The molecule has 0 spiro atoms. The summed E-state index contributed by atoms with van der Waals surface area (Å²) in [5.41, 5.74) is 5.94. The van der Waals surface area contributed by atoms with Crippen molar-refractivity contribution < 1.29 is 18.0 Å². The third kappa shape index (κ3) is 4.71. The predicted octanol–water partition coefficient (Wildman–Crippen LogP) is 4.70. The molecule has 0 bridgehead atoms. The van der Waals surface area contributed by atoms with Crippen molar-refractivity contribution in [3.05, 3.63) is 35.4 Å². The quantitative estimate of drug-likeness (QED) is 0.792. The Labute approximate surface area is 158 Å². The van der Waals surface area contributed by atoms with Crippen molar-refractivity contribution in [2.24, 2.45) is 11.7 Å². The molecule has 0 aromatic heterocycles. The van der Waals surface area contributed by atoms with Gasteiger partial charge in [0.05, 0.1) is 11.6 Å². The molecule has 2 fully saturated rings. The van der Waals surface area contributed by atoms with Crippen LogP contribution in [0.15, 0.2) is 24.3 Å². The van der Waals surface area contributed by atoms with E-state index in [1.165, 1.54) is 6.07 Å². The van der Waals surface area contributed by atoms with Crippen LogP contribution >= 0.6 is 12.4 Å². The summed E-state index contributed by atoms with van der Waals surface area (Å²) in [5, 5.41) is 0. The fourth-order valence-corrected chi connectivity index (χ4v) is 3.87. The van der Waals surface area contributed by atoms with Crippen molar-refractivity contribution >= 4 is 18.3 Å². The Balaban J connectivity index is 0.00000243. The zero-order valence-electron chi connectivity index (χ0n) is 14.8. The fourth-order valence-electron chi connectivity index (χ4n) is 3.87. The highest BCUT2D eigenvalue weighted by Crippen LogP contribution is 2.38. The number of hydrogen-bond acceptors (Lipinski definition) is 2. The summed E-state index contributed by atoms with van der Waals surface area (Å²) in [6.07, 6.45) is 0.832. The molecule has 1 aromatic rings. The zero-order chi connectivity index (χ0) is 18.2. The van der Waals surface area contributed by atoms with Crippen molar-refractivity contribution in [3.8, 4) is 0 Å². The smallest absolute Gasteiger partial charge is 0.333 e. The van der Waals surface area contributed by atoms with Crippen LogP contribution in [0, 0.1) is 5.92 Å². The molecule has 0 heterocycles. The van der Waals surface area contributed by atoms with Crippen molar-refractivity contribution in [3.63, 3.8) is 0 Å². The number of halogens is 4. The predicted molar refractivity (Wildman–Crippen MR) is 96.9 cm³/mol. The molecule has 2 aliphatic rings. The molecule has 0 saturated heterocycles. The number of nitrogens with zero attached hydrogens (tertiary/aromatic N) is 1. The van der Waals surface area contributed by atoms with Gasteiger partial charge in [-0.2, -0.15) is 13.2 Å². The van der Waals surface area contributed by atoms with Gasteiger partial charge in [0, 0.05) is 18.5 Å². The van der Waals surface area contributed by atoms with Crippen LogP contribution in [0.5, 0.6) is 0 Å². The summed E-state index contributed by atoms with van der Waals surface area (Å²) in [6, 6.07) is 5.16. The lowest BCUT2D eigenvalue weighted by atomic mass is 9.97. The summed E-state index contributed by atoms with van der Waals surface area (Å²) in [4.78, 5) is 14.7. The van der Waals surface area contributed by atoms with E-state index >= 15 is 0 Å². The number of carbonyl (C=O) groups is 1. The lowest BCUT2D eigenvalue weighted by Gasteiger charge is -2.31. The van der Waals surface area contributed by atoms with Gasteiger partial charge < -0.3 is 10.6 Å². The molecule has 1 aromatic carbocycles.